The van der Waals surface area contributed by atoms with Gasteiger partial charge in [-0.1, -0.05) is 16.8 Å². The highest BCUT2D eigenvalue weighted by atomic mass is 35.5. The molecule has 1 aliphatic rings. The van der Waals surface area contributed by atoms with Crippen molar-refractivity contribution >= 4 is 34.8 Å². The number of anilines is 2. The molecule has 2 heterocycles. The maximum Gasteiger partial charge on any atom is 0.259 e. The number of halogens is 5. The maximum atomic E-state index is 13.9. The van der Waals surface area contributed by atoms with Gasteiger partial charge in [0.05, 0.1) is 21.8 Å². The third-order valence-electron chi connectivity index (χ3n) is 5.03. The van der Waals surface area contributed by atoms with Gasteiger partial charge in [0.15, 0.2) is 5.84 Å². The number of aromatic nitrogens is 1. The van der Waals surface area contributed by atoms with Crippen LogP contribution in [0.2, 0.25) is 5.02 Å². The standard InChI is InChI=1S/C20H20ClF4N5O2/c21-14-9-13(19(31)27-11-2-3-15(23)12(8-11)17(26)29-32)18(28-16(14)10-22)30-6-1-4-20(24,25)5-7-30/h2-3,8-9,32H,1,4-7,10H2,(H2,26,29)(H,27,31). The van der Waals surface area contributed by atoms with E-state index in [0.717, 1.165) is 12.1 Å². The van der Waals surface area contributed by atoms with Crippen LogP contribution in [-0.4, -0.2) is 40.9 Å². The summed E-state index contributed by atoms with van der Waals surface area (Å²) < 4.78 is 54.8. The molecule has 32 heavy (non-hydrogen) atoms. The van der Waals surface area contributed by atoms with Crippen molar-refractivity contribution in [2.24, 2.45) is 10.9 Å². The number of alkyl halides is 3. The molecule has 4 N–H and O–H groups in total. The predicted octanol–water partition coefficient (Wildman–Crippen LogP) is 4.32. The number of hydrogen-bond acceptors (Lipinski definition) is 5. The molecule has 1 aromatic heterocycles. The Hall–Kier alpha value is -3.08. The van der Waals surface area contributed by atoms with Gasteiger partial charge in [-0.3, -0.25) is 4.79 Å². The topological polar surface area (TPSA) is 104 Å². The van der Waals surface area contributed by atoms with Crippen molar-refractivity contribution in [2.45, 2.75) is 31.9 Å². The van der Waals surface area contributed by atoms with Crippen LogP contribution in [0, 0.1) is 5.82 Å². The molecule has 0 saturated carbocycles. The molecule has 0 bridgehead atoms. The molecule has 3 rings (SSSR count). The highest BCUT2D eigenvalue weighted by Crippen LogP contribution is 2.32. The van der Waals surface area contributed by atoms with Gasteiger partial charge < -0.3 is 21.2 Å². The lowest BCUT2D eigenvalue weighted by molar-refractivity contribution is -0.0102. The molecule has 0 unspecified atom stereocenters. The van der Waals surface area contributed by atoms with E-state index in [2.05, 4.69) is 15.5 Å². The first-order valence-corrected chi connectivity index (χ1v) is 10.00. The average molecular weight is 474 g/mol. The number of hydrogen-bond donors (Lipinski definition) is 3. The van der Waals surface area contributed by atoms with Crippen molar-refractivity contribution in [2.75, 3.05) is 23.3 Å². The summed E-state index contributed by atoms with van der Waals surface area (Å²) in [6, 6.07) is 4.63. The second-order valence-corrected chi connectivity index (χ2v) is 7.66. The zero-order valence-corrected chi connectivity index (χ0v) is 17.5. The molecule has 172 valence electrons. The fourth-order valence-corrected chi connectivity index (χ4v) is 3.55. The van der Waals surface area contributed by atoms with Gasteiger partial charge in [-0.05, 0) is 30.7 Å². The Bertz CT molecular complexity index is 1050. The number of pyridine rings is 1. The number of amides is 1. The molecule has 1 amide bonds. The van der Waals surface area contributed by atoms with E-state index in [1.165, 1.54) is 17.0 Å². The van der Waals surface area contributed by atoms with Gasteiger partial charge in [-0.15, -0.1) is 0 Å². The first-order valence-electron chi connectivity index (χ1n) is 9.62. The molecule has 1 saturated heterocycles. The zero-order chi connectivity index (χ0) is 23.5. The largest absolute Gasteiger partial charge is 0.409 e. The molecule has 7 nitrogen and oxygen atoms in total. The highest BCUT2D eigenvalue weighted by Gasteiger charge is 2.33. The van der Waals surface area contributed by atoms with Crippen LogP contribution in [0.5, 0.6) is 0 Å². The summed E-state index contributed by atoms with van der Waals surface area (Å²) in [5, 5.41) is 13.9. The first kappa shape index (κ1) is 23.6. The number of carbonyl (C=O) groups is 1. The van der Waals surface area contributed by atoms with Crippen LogP contribution in [0.25, 0.3) is 0 Å². The van der Waals surface area contributed by atoms with Crippen LogP contribution in [0.4, 0.5) is 29.1 Å². The van der Waals surface area contributed by atoms with E-state index in [1.54, 1.807) is 0 Å². The van der Waals surface area contributed by atoms with Gasteiger partial charge >= 0.3 is 0 Å². The Kier molecular flexibility index (Phi) is 7.07. The van der Waals surface area contributed by atoms with Crippen LogP contribution >= 0.6 is 11.6 Å². The van der Waals surface area contributed by atoms with Gasteiger partial charge in [-0.2, -0.15) is 0 Å². The van der Waals surface area contributed by atoms with Gasteiger partial charge in [0.1, 0.15) is 18.3 Å². The number of benzene rings is 1. The Balaban J connectivity index is 1.96. The lowest BCUT2D eigenvalue weighted by atomic mass is 10.1. The Morgan fingerprint density at radius 2 is 2.03 bits per heavy atom. The summed E-state index contributed by atoms with van der Waals surface area (Å²) >= 11 is 6.04. The lowest BCUT2D eigenvalue weighted by Crippen LogP contribution is -2.30. The summed E-state index contributed by atoms with van der Waals surface area (Å²) in [4.78, 5) is 18.6. The summed E-state index contributed by atoms with van der Waals surface area (Å²) in [5.41, 5.74) is 5.11. The normalized spacial score (nSPS) is 16.5. The molecule has 1 aromatic carbocycles. The number of nitrogens with two attached hydrogens (primary N) is 1. The second kappa shape index (κ2) is 9.60. The molecular formula is C20H20ClF4N5O2. The molecule has 1 aliphatic heterocycles. The van der Waals surface area contributed by atoms with Crippen molar-refractivity contribution in [3.05, 3.63) is 51.9 Å². The maximum absolute atomic E-state index is 13.9. The van der Waals surface area contributed by atoms with E-state index in [1.807, 2.05) is 0 Å². The van der Waals surface area contributed by atoms with E-state index < -0.39 is 36.6 Å². The van der Waals surface area contributed by atoms with Gasteiger partial charge in [0.2, 0.25) is 5.92 Å². The Morgan fingerprint density at radius 1 is 1.28 bits per heavy atom. The minimum Gasteiger partial charge on any atom is -0.409 e. The number of nitrogens with zero attached hydrogens (tertiary/aromatic N) is 3. The number of carbonyl (C=O) groups excluding carboxylic acids is 1. The number of oxime groups is 1. The highest BCUT2D eigenvalue weighted by molar-refractivity contribution is 6.31. The molecule has 0 radical (unpaired) electrons. The van der Waals surface area contributed by atoms with E-state index in [-0.39, 0.29) is 59.3 Å². The van der Waals surface area contributed by atoms with Crippen molar-refractivity contribution in [3.63, 3.8) is 0 Å². The average Bonchev–Trinajstić information content (AvgIpc) is 2.94. The molecule has 0 spiro atoms. The Labute approximate surface area is 185 Å². The first-order chi connectivity index (χ1) is 15.1. The van der Waals surface area contributed by atoms with Crippen LogP contribution in [0.1, 0.15) is 40.9 Å². The van der Waals surface area contributed by atoms with E-state index >= 15 is 0 Å². The quantitative estimate of drug-likeness (QED) is 0.197. The molecule has 2 aromatic rings. The van der Waals surface area contributed by atoms with Crippen LogP contribution in [0.15, 0.2) is 29.4 Å². The molecular weight excluding hydrogens is 454 g/mol. The monoisotopic (exact) mass is 473 g/mol. The van der Waals surface area contributed by atoms with Crippen molar-refractivity contribution < 1.29 is 27.6 Å². The smallest absolute Gasteiger partial charge is 0.259 e. The van der Waals surface area contributed by atoms with Crippen molar-refractivity contribution in [1.82, 2.24) is 4.98 Å². The van der Waals surface area contributed by atoms with Crippen LogP contribution < -0.4 is 16.0 Å². The minimum absolute atomic E-state index is 0.0241. The fourth-order valence-electron chi connectivity index (χ4n) is 3.35. The van der Waals surface area contributed by atoms with Crippen LogP contribution in [0.3, 0.4) is 0 Å². The second-order valence-electron chi connectivity index (χ2n) is 7.25. The predicted molar refractivity (Wildman–Crippen MR) is 112 cm³/mol. The van der Waals surface area contributed by atoms with Gasteiger partial charge in [0, 0.05) is 31.6 Å². The summed E-state index contributed by atoms with van der Waals surface area (Å²) in [7, 11) is 0. The summed E-state index contributed by atoms with van der Waals surface area (Å²) in [5.74, 6) is -4.82. The van der Waals surface area contributed by atoms with E-state index in [9.17, 15) is 22.4 Å². The Morgan fingerprint density at radius 3 is 2.72 bits per heavy atom. The zero-order valence-electron chi connectivity index (χ0n) is 16.7. The third kappa shape index (κ3) is 5.21. The minimum atomic E-state index is -2.84. The summed E-state index contributed by atoms with van der Waals surface area (Å²) in [6.07, 6.45) is -0.588. The fraction of sp³-hybridized carbons (Fsp3) is 0.350. The number of amidine groups is 1. The SMILES string of the molecule is NC(=NO)c1cc(NC(=O)c2cc(Cl)c(CF)nc2N2CCCC(F)(F)CC2)ccc1F. The van der Waals surface area contributed by atoms with Crippen molar-refractivity contribution in [1.29, 1.82) is 0 Å². The number of nitrogens with one attached hydrogen (secondary N) is 1. The molecule has 1 fully saturated rings. The third-order valence-corrected chi connectivity index (χ3v) is 5.35. The molecule has 12 heteroatoms. The molecule has 0 atom stereocenters. The van der Waals surface area contributed by atoms with E-state index in [4.69, 9.17) is 22.5 Å². The number of rotatable bonds is 5. The summed E-state index contributed by atoms with van der Waals surface area (Å²) in [6.45, 7) is -0.892. The molecule has 0 aliphatic carbocycles. The lowest BCUT2D eigenvalue weighted by Gasteiger charge is -2.25. The van der Waals surface area contributed by atoms with Gasteiger partial charge in [0.25, 0.3) is 5.91 Å². The van der Waals surface area contributed by atoms with Crippen molar-refractivity contribution in [3.8, 4) is 0 Å². The van der Waals surface area contributed by atoms with Gasteiger partial charge in [-0.25, -0.2) is 22.5 Å². The van der Waals surface area contributed by atoms with Crippen LogP contribution in [-0.2, 0) is 6.67 Å². The van der Waals surface area contributed by atoms with E-state index in [0.29, 0.717) is 0 Å².